The van der Waals surface area contributed by atoms with Gasteiger partial charge < -0.3 is 19.3 Å². The smallest absolute Gasteiger partial charge is 0.319 e. The second-order valence-electron chi connectivity index (χ2n) is 8.10. The molecular formula is C22H25FN2O5S. The quantitative estimate of drug-likeness (QED) is 0.717. The number of hydrogen-bond donors (Lipinski definition) is 0. The molecular weight excluding hydrogens is 423 g/mol. The molecule has 2 aromatic carbocycles. The predicted octanol–water partition coefficient (Wildman–Crippen LogP) is 3.39. The number of carbonyl (C=O) groups excluding carboxylic acids is 1. The van der Waals surface area contributed by atoms with E-state index in [1.165, 1.54) is 12.1 Å². The number of nitrogens with zero attached hydrogens (tertiary/aromatic N) is 2. The van der Waals surface area contributed by atoms with E-state index in [0.29, 0.717) is 30.8 Å². The molecule has 0 aliphatic carbocycles. The average molecular weight is 449 g/mol. The van der Waals surface area contributed by atoms with Crippen LogP contribution in [0, 0.1) is 11.7 Å². The van der Waals surface area contributed by atoms with Crippen molar-refractivity contribution < 1.29 is 27.1 Å². The van der Waals surface area contributed by atoms with E-state index in [0.717, 1.165) is 12.8 Å². The lowest BCUT2D eigenvalue weighted by Gasteiger charge is -2.33. The number of carbonyl (C=O) groups is 1. The molecule has 2 amide bonds. The maximum Gasteiger partial charge on any atom is 0.319 e. The summed E-state index contributed by atoms with van der Waals surface area (Å²) in [6, 6.07) is 9.45. The van der Waals surface area contributed by atoms with Gasteiger partial charge >= 0.3 is 6.03 Å². The molecule has 166 valence electrons. The number of benzene rings is 2. The minimum Gasteiger partial charge on any atom is -0.490 e. The van der Waals surface area contributed by atoms with Gasteiger partial charge in [-0.2, -0.15) is 0 Å². The predicted molar refractivity (Wildman–Crippen MR) is 113 cm³/mol. The zero-order valence-corrected chi connectivity index (χ0v) is 18.3. The average Bonchev–Trinajstić information content (AvgIpc) is 3.06. The first-order chi connectivity index (χ1) is 14.7. The van der Waals surface area contributed by atoms with Crippen LogP contribution in [0.4, 0.5) is 9.18 Å². The Kier molecular flexibility index (Phi) is 5.79. The Labute approximate surface area is 181 Å². The fourth-order valence-electron chi connectivity index (χ4n) is 3.84. The Morgan fingerprint density at radius 1 is 1.16 bits per heavy atom. The Hall–Kier alpha value is -2.81. The van der Waals surface area contributed by atoms with Crippen LogP contribution in [0.2, 0.25) is 0 Å². The van der Waals surface area contributed by atoms with Gasteiger partial charge in [-0.1, -0.05) is 12.1 Å². The lowest BCUT2D eigenvalue weighted by Crippen LogP contribution is -2.44. The van der Waals surface area contributed by atoms with Gasteiger partial charge in [0, 0.05) is 27.2 Å². The van der Waals surface area contributed by atoms with E-state index in [4.69, 9.17) is 9.47 Å². The zero-order chi connectivity index (χ0) is 22.2. The largest absolute Gasteiger partial charge is 0.490 e. The highest BCUT2D eigenvalue weighted by atomic mass is 32.2. The molecule has 2 aliphatic rings. The van der Waals surface area contributed by atoms with E-state index >= 15 is 0 Å². The van der Waals surface area contributed by atoms with Crippen molar-refractivity contribution >= 4 is 15.9 Å². The second-order valence-corrected chi connectivity index (χ2v) is 10.0. The molecule has 7 nitrogen and oxygen atoms in total. The molecule has 9 heteroatoms. The minimum atomic E-state index is -3.39. The highest BCUT2D eigenvalue weighted by molar-refractivity contribution is 7.91. The number of fused-ring (bicyclic) bond motifs is 1. The van der Waals surface area contributed by atoms with E-state index in [1.807, 2.05) is 4.90 Å². The van der Waals surface area contributed by atoms with Gasteiger partial charge in [0.1, 0.15) is 10.6 Å². The van der Waals surface area contributed by atoms with Gasteiger partial charge in [-0.25, -0.2) is 17.6 Å². The zero-order valence-electron chi connectivity index (χ0n) is 17.5. The Morgan fingerprint density at radius 3 is 2.52 bits per heavy atom. The molecule has 31 heavy (non-hydrogen) atoms. The van der Waals surface area contributed by atoms with Crippen LogP contribution >= 0.6 is 0 Å². The van der Waals surface area contributed by atoms with Gasteiger partial charge in [-0.15, -0.1) is 0 Å². The summed E-state index contributed by atoms with van der Waals surface area (Å²) in [5.74, 6) is -0.115. The monoisotopic (exact) mass is 448 g/mol. The van der Waals surface area contributed by atoms with Crippen molar-refractivity contribution in [3.8, 4) is 22.6 Å². The molecule has 0 spiro atoms. The molecule has 0 saturated carbocycles. The molecule has 1 saturated heterocycles. The van der Waals surface area contributed by atoms with Crippen LogP contribution in [0.15, 0.2) is 41.3 Å². The van der Waals surface area contributed by atoms with E-state index < -0.39 is 15.7 Å². The molecule has 0 bridgehead atoms. The fourth-order valence-corrected chi connectivity index (χ4v) is 4.95. The van der Waals surface area contributed by atoms with Gasteiger partial charge in [0.2, 0.25) is 9.84 Å². The molecule has 2 heterocycles. The topological polar surface area (TPSA) is 76.2 Å². The highest BCUT2D eigenvalue weighted by Gasteiger charge is 2.28. The van der Waals surface area contributed by atoms with Crippen LogP contribution in [0.5, 0.6) is 11.5 Å². The van der Waals surface area contributed by atoms with Gasteiger partial charge in [0.15, 0.2) is 17.5 Å². The molecule has 4 rings (SSSR count). The van der Waals surface area contributed by atoms with E-state index in [9.17, 15) is 17.6 Å². The fraction of sp³-hybridized carbons (Fsp3) is 0.409. The van der Waals surface area contributed by atoms with Crippen molar-refractivity contribution in [2.75, 3.05) is 39.7 Å². The van der Waals surface area contributed by atoms with Crippen LogP contribution in [0.25, 0.3) is 11.1 Å². The van der Waals surface area contributed by atoms with E-state index in [-0.39, 0.29) is 34.3 Å². The lowest BCUT2D eigenvalue weighted by molar-refractivity contribution is 0.128. The second kappa shape index (κ2) is 8.37. The first-order valence-electron chi connectivity index (χ1n) is 10.1. The molecule has 0 N–H and O–H groups in total. The van der Waals surface area contributed by atoms with Crippen molar-refractivity contribution in [2.45, 2.75) is 17.7 Å². The Balaban J connectivity index is 1.37. The molecule has 0 unspecified atom stereocenters. The summed E-state index contributed by atoms with van der Waals surface area (Å²) in [7, 11) is 0.0850. The van der Waals surface area contributed by atoms with Crippen molar-refractivity contribution in [3.05, 3.63) is 42.2 Å². The maximum atomic E-state index is 14.6. The number of urea groups is 1. The molecule has 0 radical (unpaired) electrons. The number of ether oxygens (including phenoxy) is 2. The Morgan fingerprint density at radius 2 is 1.84 bits per heavy atom. The molecule has 2 aromatic rings. The van der Waals surface area contributed by atoms with Gasteiger partial charge in [-0.05, 0) is 54.2 Å². The SMILES string of the molecule is CN(C)C(=O)N1CCC(COc2ccc(-c3ccc4c(c3)OCS4(=O)=O)cc2F)CC1. The number of halogens is 1. The first-order valence-corrected chi connectivity index (χ1v) is 11.8. The van der Waals surface area contributed by atoms with Crippen LogP contribution in [-0.4, -0.2) is 64.0 Å². The number of hydrogen-bond acceptors (Lipinski definition) is 5. The summed E-state index contributed by atoms with van der Waals surface area (Å²) in [5, 5.41) is 0. The molecule has 2 aliphatic heterocycles. The van der Waals surface area contributed by atoms with Crippen molar-refractivity contribution in [1.82, 2.24) is 9.80 Å². The summed E-state index contributed by atoms with van der Waals surface area (Å²) in [4.78, 5) is 15.6. The number of piperidine rings is 1. The maximum absolute atomic E-state index is 14.6. The number of likely N-dealkylation sites (tertiary alicyclic amines) is 1. The van der Waals surface area contributed by atoms with Crippen LogP contribution in [0.1, 0.15) is 12.8 Å². The standard InChI is InChI=1S/C22H25FN2O5S/c1-24(2)22(26)25-9-7-15(8-10-25)13-29-19-5-3-16(11-18(19)23)17-4-6-21-20(12-17)30-14-31(21,27)28/h3-6,11-12,15H,7-10,13-14H2,1-2H3. The van der Waals surface area contributed by atoms with Gasteiger partial charge in [-0.3, -0.25) is 0 Å². The van der Waals surface area contributed by atoms with Crippen molar-refractivity contribution in [1.29, 1.82) is 0 Å². The summed E-state index contributed by atoms with van der Waals surface area (Å²) >= 11 is 0. The summed E-state index contributed by atoms with van der Waals surface area (Å²) < 4.78 is 49.3. The number of sulfone groups is 1. The number of rotatable bonds is 4. The highest BCUT2D eigenvalue weighted by Crippen LogP contribution is 2.36. The van der Waals surface area contributed by atoms with Crippen molar-refractivity contribution in [3.63, 3.8) is 0 Å². The third-order valence-electron chi connectivity index (χ3n) is 5.66. The summed E-state index contributed by atoms with van der Waals surface area (Å²) in [5.41, 5.74) is 1.27. The first kappa shape index (κ1) is 21.4. The normalized spacial score (nSPS) is 17.7. The van der Waals surface area contributed by atoms with Crippen LogP contribution in [0.3, 0.4) is 0 Å². The van der Waals surface area contributed by atoms with E-state index in [2.05, 4.69) is 0 Å². The van der Waals surface area contributed by atoms with E-state index in [1.54, 1.807) is 43.3 Å². The third-order valence-corrected chi connectivity index (χ3v) is 7.09. The molecule has 1 fully saturated rings. The minimum absolute atomic E-state index is 0.00977. The molecule has 0 atom stereocenters. The van der Waals surface area contributed by atoms with Crippen LogP contribution in [-0.2, 0) is 9.84 Å². The lowest BCUT2D eigenvalue weighted by atomic mass is 9.98. The number of amides is 2. The van der Waals surface area contributed by atoms with Gasteiger partial charge in [0.25, 0.3) is 0 Å². The van der Waals surface area contributed by atoms with Gasteiger partial charge in [0.05, 0.1) is 6.61 Å². The summed E-state index contributed by atoms with van der Waals surface area (Å²) in [6.07, 6.45) is 1.63. The summed E-state index contributed by atoms with van der Waals surface area (Å²) in [6.45, 7) is 1.73. The molecule has 0 aromatic heterocycles. The van der Waals surface area contributed by atoms with Crippen LogP contribution < -0.4 is 9.47 Å². The Bertz CT molecular complexity index is 1100. The van der Waals surface area contributed by atoms with Crippen molar-refractivity contribution in [2.24, 2.45) is 5.92 Å². The third kappa shape index (κ3) is 4.46.